The zero-order valence-corrected chi connectivity index (χ0v) is 11.9. The van der Waals surface area contributed by atoms with Gasteiger partial charge in [0.25, 0.3) is 0 Å². The number of aromatic hydroxyl groups is 2. The van der Waals surface area contributed by atoms with Gasteiger partial charge in [0.2, 0.25) is 0 Å². The Bertz CT molecular complexity index is 795. The van der Waals surface area contributed by atoms with Crippen molar-refractivity contribution in [2.75, 3.05) is 5.32 Å². The molecule has 0 spiro atoms. The quantitative estimate of drug-likeness (QED) is 0.593. The molecule has 0 bridgehead atoms. The molecule has 5 heteroatoms. The molecule has 1 unspecified atom stereocenters. The first-order chi connectivity index (χ1) is 10.0. The molecule has 3 aromatic rings. The Balaban J connectivity index is 1.86. The van der Waals surface area contributed by atoms with E-state index < -0.39 is 0 Å². The van der Waals surface area contributed by atoms with Gasteiger partial charge in [-0.1, -0.05) is 0 Å². The van der Waals surface area contributed by atoms with Crippen LogP contribution in [0, 0.1) is 6.92 Å². The molecule has 5 nitrogen and oxygen atoms in total. The standard InChI is InChI=1S/C16H17N3O2/c1-9(13-5-4-12(20)8-16(13)21)17-11-3-6-14-15(7-11)19-10(2)18-14/h3-9,17,20-21H,1-2H3,(H,18,19). The van der Waals surface area contributed by atoms with E-state index in [0.29, 0.717) is 0 Å². The third-order valence-corrected chi connectivity index (χ3v) is 3.46. The van der Waals surface area contributed by atoms with Gasteiger partial charge >= 0.3 is 0 Å². The second-order valence-corrected chi connectivity index (χ2v) is 5.16. The fourth-order valence-electron chi connectivity index (χ4n) is 2.45. The number of hydrogen-bond donors (Lipinski definition) is 4. The summed E-state index contributed by atoms with van der Waals surface area (Å²) in [4.78, 5) is 7.56. The first-order valence-corrected chi connectivity index (χ1v) is 6.78. The van der Waals surface area contributed by atoms with Crippen LogP contribution in [0.15, 0.2) is 36.4 Å². The normalized spacial score (nSPS) is 12.5. The summed E-state index contributed by atoms with van der Waals surface area (Å²) in [6.07, 6.45) is 0. The minimum absolute atomic E-state index is 0.0535. The molecule has 0 aliphatic rings. The molecule has 3 rings (SSSR count). The third-order valence-electron chi connectivity index (χ3n) is 3.46. The number of aromatic amines is 1. The Morgan fingerprint density at radius 1 is 1.14 bits per heavy atom. The fourth-order valence-corrected chi connectivity index (χ4v) is 2.45. The van der Waals surface area contributed by atoms with Crippen molar-refractivity contribution in [2.45, 2.75) is 19.9 Å². The Kier molecular flexibility index (Phi) is 3.17. The van der Waals surface area contributed by atoms with Crippen molar-refractivity contribution < 1.29 is 10.2 Å². The summed E-state index contributed by atoms with van der Waals surface area (Å²) in [5.74, 6) is 1.01. The number of nitrogens with one attached hydrogen (secondary N) is 2. The van der Waals surface area contributed by atoms with E-state index in [1.807, 2.05) is 32.0 Å². The molecule has 0 aliphatic heterocycles. The van der Waals surface area contributed by atoms with Crippen molar-refractivity contribution >= 4 is 16.7 Å². The van der Waals surface area contributed by atoms with Gasteiger partial charge in [0.05, 0.1) is 17.1 Å². The Morgan fingerprint density at radius 3 is 2.71 bits per heavy atom. The Morgan fingerprint density at radius 2 is 1.95 bits per heavy atom. The molecule has 1 atom stereocenters. The first kappa shape index (κ1) is 13.3. The fraction of sp³-hybridized carbons (Fsp3) is 0.188. The van der Waals surface area contributed by atoms with E-state index in [2.05, 4.69) is 15.3 Å². The van der Waals surface area contributed by atoms with Crippen molar-refractivity contribution in [3.8, 4) is 11.5 Å². The molecule has 0 saturated heterocycles. The molecule has 108 valence electrons. The zero-order valence-electron chi connectivity index (χ0n) is 11.9. The summed E-state index contributed by atoms with van der Waals surface area (Å²) in [7, 11) is 0. The largest absolute Gasteiger partial charge is 0.508 e. The van der Waals surface area contributed by atoms with Gasteiger partial charge in [0, 0.05) is 17.3 Å². The van der Waals surface area contributed by atoms with E-state index in [9.17, 15) is 10.2 Å². The third kappa shape index (κ3) is 2.63. The van der Waals surface area contributed by atoms with Gasteiger partial charge in [-0.3, -0.25) is 0 Å². The first-order valence-electron chi connectivity index (χ1n) is 6.78. The number of nitrogens with zero attached hydrogens (tertiary/aromatic N) is 1. The highest BCUT2D eigenvalue weighted by atomic mass is 16.3. The summed E-state index contributed by atoms with van der Waals surface area (Å²) in [6, 6.07) is 10.4. The van der Waals surface area contributed by atoms with Crippen molar-refractivity contribution in [2.24, 2.45) is 0 Å². The van der Waals surface area contributed by atoms with Gasteiger partial charge in [-0.2, -0.15) is 0 Å². The van der Waals surface area contributed by atoms with Crippen LogP contribution in [-0.4, -0.2) is 20.2 Å². The van der Waals surface area contributed by atoms with Crippen LogP contribution in [0.2, 0.25) is 0 Å². The number of rotatable bonds is 3. The highest BCUT2D eigenvalue weighted by molar-refractivity contribution is 5.79. The molecule has 21 heavy (non-hydrogen) atoms. The summed E-state index contributed by atoms with van der Waals surface area (Å²) in [5, 5.41) is 22.6. The van der Waals surface area contributed by atoms with Crippen molar-refractivity contribution in [1.29, 1.82) is 0 Å². The molecule has 1 aromatic heterocycles. The minimum Gasteiger partial charge on any atom is -0.508 e. The van der Waals surface area contributed by atoms with E-state index in [4.69, 9.17) is 0 Å². The number of H-pyrrole nitrogens is 1. The lowest BCUT2D eigenvalue weighted by molar-refractivity contribution is 0.444. The topological polar surface area (TPSA) is 81.2 Å². The number of aryl methyl sites for hydroxylation is 1. The number of phenols is 2. The zero-order chi connectivity index (χ0) is 15.0. The summed E-state index contributed by atoms with van der Waals surface area (Å²) in [6.45, 7) is 3.87. The van der Waals surface area contributed by atoms with Gasteiger partial charge in [0.15, 0.2) is 0 Å². The number of fused-ring (bicyclic) bond motifs is 1. The highest BCUT2D eigenvalue weighted by Crippen LogP contribution is 2.30. The SMILES string of the molecule is Cc1nc2ccc(NC(C)c3ccc(O)cc3O)cc2[nH]1. The molecular weight excluding hydrogens is 266 g/mol. The molecule has 4 N–H and O–H groups in total. The van der Waals surface area contributed by atoms with Gasteiger partial charge < -0.3 is 20.5 Å². The van der Waals surface area contributed by atoms with Crippen LogP contribution in [0.1, 0.15) is 24.4 Å². The average molecular weight is 283 g/mol. The van der Waals surface area contributed by atoms with Crippen LogP contribution in [0.3, 0.4) is 0 Å². The van der Waals surface area contributed by atoms with E-state index in [1.165, 1.54) is 6.07 Å². The van der Waals surface area contributed by atoms with Gasteiger partial charge in [0.1, 0.15) is 17.3 Å². The lowest BCUT2D eigenvalue weighted by atomic mass is 10.1. The molecule has 2 aromatic carbocycles. The maximum absolute atomic E-state index is 9.90. The number of phenolic OH excluding ortho intramolecular Hbond substituents is 2. The van der Waals surface area contributed by atoms with Gasteiger partial charge in [-0.25, -0.2) is 4.98 Å². The van der Waals surface area contributed by atoms with E-state index in [0.717, 1.165) is 28.1 Å². The smallest absolute Gasteiger partial charge is 0.124 e. The molecule has 0 radical (unpaired) electrons. The van der Waals surface area contributed by atoms with Crippen LogP contribution in [0.4, 0.5) is 5.69 Å². The number of hydrogen-bond acceptors (Lipinski definition) is 4. The second-order valence-electron chi connectivity index (χ2n) is 5.16. The maximum atomic E-state index is 9.90. The number of imidazole rings is 1. The van der Waals surface area contributed by atoms with Crippen molar-refractivity contribution in [1.82, 2.24) is 9.97 Å². The Hall–Kier alpha value is -2.69. The van der Waals surface area contributed by atoms with Crippen LogP contribution >= 0.6 is 0 Å². The maximum Gasteiger partial charge on any atom is 0.124 e. The number of aromatic nitrogens is 2. The lowest BCUT2D eigenvalue weighted by Crippen LogP contribution is -2.06. The summed E-state index contributed by atoms with van der Waals surface area (Å²) >= 11 is 0. The molecule has 0 amide bonds. The van der Waals surface area contributed by atoms with E-state index in [-0.39, 0.29) is 17.5 Å². The second kappa shape index (κ2) is 5.01. The average Bonchev–Trinajstić information content (AvgIpc) is 2.77. The summed E-state index contributed by atoms with van der Waals surface area (Å²) < 4.78 is 0. The van der Waals surface area contributed by atoms with Crippen LogP contribution in [0.25, 0.3) is 11.0 Å². The van der Waals surface area contributed by atoms with Crippen LogP contribution in [0.5, 0.6) is 11.5 Å². The number of benzene rings is 2. The molecule has 0 fully saturated rings. The van der Waals surface area contributed by atoms with Crippen molar-refractivity contribution in [3.05, 3.63) is 47.8 Å². The van der Waals surface area contributed by atoms with E-state index >= 15 is 0 Å². The molecule has 0 aliphatic carbocycles. The van der Waals surface area contributed by atoms with Crippen LogP contribution in [-0.2, 0) is 0 Å². The Labute approximate surface area is 122 Å². The highest BCUT2D eigenvalue weighted by Gasteiger charge is 2.11. The van der Waals surface area contributed by atoms with E-state index in [1.54, 1.807) is 12.1 Å². The van der Waals surface area contributed by atoms with Crippen LogP contribution < -0.4 is 5.32 Å². The minimum atomic E-state index is -0.0907. The lowest BCUT2D eigenvalue weighted by Gasteiger charge is -2.17. The van der Waals surface area contributed by atoms with Gasteiger partial charge in [-0.15, -0.1) is 0 Å². The molecule has 0 saturated carbocycles. The number of anilines is 1. The molecule has 1 heterocycles. The van der Waals surface area contributed by atoms with Crippen molar-refractivity contribution in [3.63, 3.8) is 0 Å². The molecular formula is C16H17N3O2. The monoisotopic (exact) mass is 283 g/mol. The summed E-state index contributed by atoms with van der Waals surface area (Å²) in [5.41, 5.74) is 3.57. The van der Waals surface area contributed by atoms with Gasteiger partial charge in [-0.05, 0) is 44.2 Å². The predicted molar refractivity (Wildman–Crippen MR) is 82.6 cm³/mol. The predicted octanol–water partition coefficient (Wildman–Crippen LogP) is 3.46.